The zero-order valence-electron chi connectivity index (χ0n) is 21.6. The number of carboxylic acids is 1. The van der Waals surface area contributed by atoms with Gasteiger partial charge < -0.3 is 15.2 Å². The van der Waals surface area contributed by atoms with Crippen LogP contribution in [0.5, 0.6) is 0 Å². The summed E-state index contributed by atoms with van der Waals surface area (Å²) in [5.74, 6) is -4.93. The fourth-order valence-corrected chi connectivity index (χ4v) is 4.07. The number of nitrogens with one attached hydrogen (secondary N) is 1. The molecule has 1 atom stereocenters. The molecular weight excluding hydrogens is 491 g/mol. The predicted octanol–water partition coefficient (Wildman–Crippen LogP) is 5.52. The Morgan fingerprint density at radius 1 is 0.946 bits per heavy atom. The van der Waals surface area contributed by atoms with Crippen molar-refractivity contribution in [1.29, 1.82) is 0 Å². The molecule has 1 rings (SSSR count). The van der Waals surface area contributed by atoms with Gasteiger partial charge >= 0.3 is 18.1 Å². The number of halogens is 3. The van der Waals surface area contributed by atoms with E-state index < -0.39 is 54.0 Å². The standard InChI is InChI=1S/C27H38F3NO6/c1-19-12-11-14-22(27(28,29)30)25(19)26(36)37-18-23(33)20(17-24(34)35)16-21(32)13-9-7-5-3-4-6-8-10-15-31-2/h11-12,14,20,31H,3-10,13,15-18H2,1-2H3,(H,34,35)/t20-/m0/s1. The van der Waals surface area contributed by atoms with Crippen LogP contribution in [0.25, 0.3) is 0 Å². The van der Waals surface area contributed by atoms with E-state index in [0.29, 0.717) is 6.42 Å². The Kier molecular flexibility index (Phi) is 14.7. The van der Waals surface area contributed by atoms with Gasteiger partial charge in [0.05, 0.1) is 17.5 Å². The summed E-state index contributed by atoms with van der Waals surface area (Å²) < 4.78 is 44.6. The van der Waals surface area contributed by atoms with E-state index in [2.05, 4.69) is 5.32 Å². The highest BCUT2D eigenvalue weighted by molar-refractivity contribution is 5.96. The second-order valence-corrected chi connectivity index (χ2v) is 9.26. The van der Waals surface area contributed by atoms with E-state index in [0.717, 1.165) is 50.8 Å². The van der Waals surface area contributed by atoms with Gasteiger partial charge in [-0.15, -0.1) is 0 Å². The Balaban J connectivity index is 2.53. The molecule has 0 heterocycles. The minimum absolute atomic E-state index is 0.0262. The SMILES string of the molecule is CNCCCCCCCCCCC(=O)C[C@@H](CC(=O)O)C(=O)COC(=O)c1c(C)cccc1C(F)(F)F. The molecule has 37 heavy (non-hydrogen) atoms. The lowest BCUT2D eigenvalue weighted by atomic mass is 9.92. The van der Waals surface area contributed by atoms with Gasteiger partial charge in [0.2, 0.25) is 0 Å². The lowest BCUT2D eigenvalue weighted by Gasteiger charge is -2.16. The summed E-state index contributed by atoms with van der Waals surface area (Å²) in [6.45, 7) is 1.41. The normalized spacial score (nSPS) is 12.2. The van der Waals surface area contributed by atoms with Crippen LogP contribution >= 0.6 is 0 Å². The highest BCUT2D eigenvalue weighted by Gasteiger charge is 2.36. The molecule has 0 radical (unpaired) electrons. The number of ketones is 2. The first-order valence-electron chi connectivity index (χ1n) is 12.7. The van der Waals surface area contributed by atoms with Gasteiger partial charge in [-0.1, -0.05) is 50.7 Å². The Bertz CT molecular complexity index is 901. The quantitative estimate of drug-likeness (QED) is 0.179. The van der Waals surface area contributed by atoms with Gasteiger partial charge in [0.25, 0.3) is 0 Å². The minimum Gasteiger partial charge on any atom is -0.481 e. The Labute approximate surface area is 216 Å². The van der Waals surface area contributed by atoms with E-state index in [1.54, 1.807) is 0 Å². The molecule has 0 saturated heterocycles. The maximum atomic E-state index is 13.3. The van der Waals surface area contributed by atoms with Crippen molar-refractivity contribution in [3.8, 4) is 0 Å². The lowest BCUT2D eigenvalue weighted by Crippen LogP contribution is -2.27. The van der Waals surface area contributed by atoms with Crippen LogP contribution in [-0.2, 0) is 25.3 Å². The van der Waals surface area contributed by atoms with Crippen molar-refractivity contribution in [1.82, 2.24) is 5.32 Å². The summed E-state index contributed by atoms with van der Waals surface area (Å²) >= 11 is 0. The highest BCUT2D eigenvalue weighted by Crippen LogP contribution is 2.33. The second kappa shape index (κ2) is 16.9. The number of hydrogen-bond donors (Lipinski definition) is 2. The summed E-state index contributed by atoms with van der Waals surface area (Å²) in [6, 6.07) is 3.20. The molecule has 0 fully saturated rings. The topological polar surface area (TPSA) is 110 Å². The molecule has 208 valence electrons. The maximum Gasteiger partial charge on any atom is 0.417 e. The predicted molar refractivity (Wildman–Crippen MR) is 132 cm³/mol. The zero-order valence-corrected chi connectivity index (χ0v) is 21.6. The number of Topliss-reactive ketones (excluding diaryl/α,β-unsaturated/α-hetero) is 2. The molecule has 10 heteroatoms. The molecule has 0 bridgehead atoms. The van der Waals surface area contributed by atoms with Crippen molar-refractivity contribution in [3.05, 3.63) is 34.9 Å². The molecule has 1 aromatic carbocycles. The molecule has 0 saturated carbocycles. The van der Waals surface area contributed by atoms with Crippen LogP contribution in [0, 0.1) is 12.8 Å². The average molecular weight is 530 g/mol. The van der Waals surface area contributed by atoms with E-state index in [1.165, 1.54) is 25.8 Å². The fraction of sp³-hybridized carbons (Fsp3) is 0.630. The van der Waals surface area contributed by atoms with Gasteiger partial charge in [0.15, 0.2) is 12.4 Å². The van der Waals surface area contributed by atoms with Crippen molar-refractivity contribution in [2.45, 2.75) is 83.7 Å². The van der Waals surface area contributed by atoms with Crippen LogP contribution in [0.3, 0.4) is 0 Å². The first kappa shape index (κ1) is 32.3. The maximum absolute atomic E-state index is 13.3. The van der Waals surface area contributed by atoms with E-state index >= 15 is 0 Å². The molecule has 0 spiro atoms. The number of unbranched alkanes of at least 4 members (excludes halogenated alkanes) is 7. The van der Waals surface area contributed by atoms with Crippen molar-refractivity contribution in [2.75, 3.05) is 20.2 Å². The molecule has 0 aliphatic rings. The fourth-order valence-electron chi connectivity index (χ4n) is 4.07. The van der Waals surface area contributed by atoms with Gasteiger partial charge in [0, 0.05) is 18.8 Å². The minimum atomic E-state index is -4.80. The van der Waals surface area contributed by atoms with Gasteiger partial charge in [-0.25, -0.2) is 4.79 Å². The molecule has 0 aliphatic carbocycles. The van der Waals surface area contributed by atoms with Crippen molar-refractivity contribution >= 4 is 23.5 Å². The second-order valence-electron chi connectivity index (χ2n) is 9.26. The van der Waals surface area contributed by atoms with Gasteiger partial charge in [0.1, 0.15) is 5.78 Å². The number of carbonyl (C=O) groups excluding carboxylic acids is 3. The van der Waals surface area contributed by atoms with Crippen LogP contribution in [0.2, 0.25) is 0 Å². The number of aliphatic carboxylic acids is 1. The number of alkyl halides is 3. The molecule has 0 amide bonds. The third kappa shape index (κ3) is 12.9. The molecule has 0 unspecified atom stereocenters. The van der Waals surface area contributed by atoms with Crippen LogP contribution < -0.4 is 5.32 Å². The number of esters is 1. The highest BCUT2D eigenvalue weighted by atomic mass is 19.4. The first-order chi connectivity index (χ1) is 17.5. The average Bonchev–Trinajstić information content (AvgIpc) is 2.82. The van der Waals surface area contributed by atoms with E-state index in [1.807, 2.05) is 7.05 Å². The molecule has 0 aliphatic heterocycles. The summed E-state index contributed by atoms with van der Waals surface area (Å²) in [7, 11) is 1.93. The number of hydrogen-bond acceptors (Lipinski definition) is 6. The van der Waals surface area contributed by atoms with Crippen molar-refractivity contribution < 1.29 is 42.2 Å². The summed E-state index contributed by atoms with van der Waals surface area (Å²) in [5.41, 5.74) is -1.86. The van der Waals surface area contributed by atoms with Gasteiger partial charge in [-0.05, 0) is 45.0 Å². The number of benzene rings is 1. The Hall–Kier alpha value is -2.75. The van der Waals surface area contributed by atoms with Gasteiger partial charge in [-0.2, -0.15) is 13.2 Å². The van der Waals surface area contributed by atoms with Crippen molar-refractivity contribution in [3.63, 3.8) is 0 Å². The number of aryl methyl sites for hydroxylation is 1. The summed E-state index contributed by atoms with van der Waals surface area (Å²) in [4.78, 5) is 48.4. The van der Waals surface area contributed by atoms with Crippen molar-refractivity contribution in [2.24, 2.45) is 5.92 Å². The first-order valence-corrected chi connectivity index (χ1v) is 12.7. The third-order valence-corrected chi connectivity index (χ3v) is 6.11. The van der Waals surface area contributed by atoms with Gasteiger partial charge in [-0.3, -0.25) is 14.4 Å². The molecule has 0 aromatic heterocycles. The smallest absolute Gasteiger partial charge is 0.417 e. The molecular formula is C27H38F3NO6. The number of rotatable bonds is 19. The molecule has 1 aromatic rings. The summed E-state index contributed by atoms with van der Waals surface area (Å²) in [5, 5.41) is 12.2. The Morgan fingerprint density at radius 3 is 2.11 bits per heavy atom. The molecule has 2 N–H and O–H groups in total. The Morgan fingerprint density at radius 2 is 1.54 bits per heavy atom. The van der Waals surface area contributed by atoms with Crippen LogP contribution in [0.1, 0.15) is 92.1 Å². The van der Waals surface area contributed by atoms with E-state index in [4.69, 9.17) is 9.84 Å². The number of carboxylic acid groups (broad SMARTS) is 1. The molecule has 7 nitrogen and oxygen atoms in total. The van der Waals surface area contributed by atoms with Crippen LogP contribution in [0.4, 0.5) is 13.2 Å². The summed E-state index contributed by atoms with van der Waals surface area (Å²) in [6.07, 6.45) is 2.68. The van der Waals surface area contributed by atoms with Crippen LogP contribution in [-0.4, -0.2) is 48.8 Å². The largest absolute Gasteiger partial charge is 0.481 e. The van der Waals surface area contributed by atoms with E-state index in [-0.39, 0.29) is 24.2 Å². The zero-order chi connectivity index (χ0) is 27.8. The lowest BCUT2D eigenvalue weighted by molar-refractivity contribution is -0.142. The third-order valence-electron chi connectivity index (χ3n) is 6.11. The van der Waals surface area contributed by atoms with Crippen LogP contribution in [0.15, 0.2) is 18.2 Å². The number of ether oxygens (including phenoxy) is 1. The van der Waals surface area contributed by atoms with E-state index in [9.17, 15) is 32.3 Å². The monoisotopic (exact) mass is 529 g/mol. The number of carbonyl (C=O) groups is 4.